The van der Waals surface area contributed by atoms with Crippen LogP contribution in [0.1, 0.15) is 25.1 Å². The van der Waals surface area contributed by atoms with Gasteiger partial charge in [-0.25, -0.2) is 9.97 Å². The standard InChI is InChI=1S/C20H21N3OS/c1-3-23(4-2)12-13-24-20-17(11-10-16-8-6-5-7-9-16)21-18-14-25-15-19(18)22-20/h5-9,14-15H,3-4,12-13H2,1-2H3. The van der Waals surface area contributed by atoms with E-state index in [0.29, 0.717) is 18.2 Å². The van der Waals surface area contributed by atoms with E-state index in [1.165, 1.54) is 0 Å². The van der Waals surface area contributed by atoms with E-state index in [0.717, 1.165) is 36.2 Å². The van der Waals surface area contributed by atoms with Gasteiger partial charge in [0.25, 0.3) is 0 Å². The highest BCUT2D eigenvalue weighted by atomic mass is 32.1. The van der Waals surface area contributed by atoms with Gasteiger partial charge in [0.2, 0.25) is 5.88 Å². The first-order chi connectivity index (χ1) is 12.3. The highest BCUT2D eigenvalue weighted by Crippen LogP contribution is 2.21. The first-order valence-corrected chi connectivity index (χ1v) is 9.40. The van der Waals surface area contributed by atoms with Crippen molar-refractivity contribution in [3.05, 3.63) is 52.3 Å². The molecule has 1 aromatic carbocycles. The molecule has 0 aliphatic carbocycles. The van der Waals surface area contributed by atoms with Gasteiger partial charge in [-0.05, 0) is 31.1 Å². The number of aromatic nitrogens is 2. The Kier molecular flexibility index (Phi) is 5.99. The first kappa shape index (κ1) is 17.4. The Labute approximate surface area is 152 Å². The number of fused-ring (bicyclic) bond motifs is 1. The molecular weight excluding hydrogens is 330 g/mol. The minimum Gasteiger partial charge on any atom is -0.474 e. The number of likely N-dealkylation sites (N-methyl/N-ethyl adjacent to an activating group) is 1. The normalized spacial score (nSPS) is 10.7. The molecule has 4 nitrogen and oxygen atoms in total. The minimum atomic E-state index is 0.515. The van der Waals surface area contributed by atoms with Crippen LogP contribution in [-0.2, 0) is 0 Å². The Hall–Kier alpha value is -2.42. The van der Waals surface area contributed by atoms with E-state index in [-0.39, 0.29) is 0 Å². The maximum absolute atomic E-state index is 5.92. The lowest BCUT2D eigenvalue weighted by molar-refractivity contribution is 0.217. The number of hydrogen-bond donors (Lipinski definition) is 0. The van der Waals surface area contributed by atoms with Crippen LogP contribution in [-0.4, -0.2) is 41.1 Å². The molecule has 0 bridgehead atoms. The van der Waals surface area contributed by atoms with Crippen molar-refractivity contribution in [2.45, 2.75) is 13.8 Å². The van der Waals surface area contributed by atoms with Crippen molar-refractivity contribution in [1.29, 1.82) is 0 Å². The Morgan fingerprint density at radius 3 is 2.44 bits per heavy atom. The molecule has 0 unspecified atom stereocenters. The van der Waals surface area contributed by atoms with Crippen molar-refractivity contribution in [3.63, 3.8) is 0 Å². The van der Waals surface area contributed by atoms with Gasteiger partial charge in [-0.3, -0.25) is 0 Å². The molecule has 5 heteroatoms. The highest BCUT2D eigenvalue weighted by molar-refractivity contribution is 7.09. The second-order valence-corrected chi connectivity index (χ2v) is 6.25. The zero-order valence-corrected chi connectivity index (χ0v) is 15.3. The minimum absolute atomic E-state index is 0.515. The maximum atomic E-state index is 5.92. The molecule has 0 radical (unpaired) electrons. The molecule has 0 atom stereocenters. The Bertz CT molecular complexity index is 876. The topological polar surface area (TPSA) is 38.2 Å². The van der Waals surface area contributed by atoms with E-state index < -0.39 is 0 Å². The smallest absolute Gasteiger partial charge is 0.249 e. The summed E-state index contributed by atoms with van der Waals surface area (Å²) < 4.78 is 5.92. The fraction of sp³-hybridized carbons (Fsp3) is 0.300. The van der Waals surface area contributed by atoms with Crippen LogP contribution in [0, 0.1) is 11.8 Å². The van der Waals surface area contributed by atoms with E-state index in [4.69, 9.17) is 4.74 Å². The third-order valence-corrected chi connectivity index (χ3v) is 4.64. The average molecular weight is 351 g/mol. The van der Waals surface area contributed by atoms with Gasteiger partial charge in [-0.2, -0.15) is 0 Å². The molecule has 0 aliphatic rings. The maximum Gasteiger partial charge on any atom is 0.249 e. The van der Waals surface area contributed by atoms with Crippen LogP contribution in [0.15, 0.2) is 41.1 Å². The van der Waals surface area contributed by atoms with Crippen molar-refractivity contribution < 1.29 is 4.74 Å². The third kappa shape index (κ3) is 4.56. The second-order valence-electron chi connectivity index (χ2n) is 5.51. The predicted molar refractivity (Wildman–Crippen MR) is 103 cm³/mol. The van der Waals surface area contributed by atoms with Gasteiger partial charge in [-0.1, -0.05) is 38.0 Å². The molecule has 3 rings (SSSR count). The molecule has 2 aromatic heterocycles. The fourth-order valence-electron chi connectivity index (χ4n) is 2.43. The van der Waals surface area contributed by atoms with Crippen LogP contribution in [0.3, 0.4) is 0 Å². The Morgan fingerprint density at radius 2 is 1.72 bits per heavy atom. The highest BCUT2D eigenvalue weighted by Gasteiger charge is 2.10. The van der Waals surface area contributed by atoms with Gasteiger partial charge >= 0.3 is 0 Å². The fourth-order valence-corrected chi connectivity index (χ4v) is 3.10. The van der Waals surface area contributed by atoms with Crippen molar-refractivity contribution >= 4 is 22.4 Å². The molecule has 3 aromatic rings. The number of benzene rings is 1. The Balaban J connectivity index is 1.84. The molecule has 0 fully saturated rings. The number of rotatable bonds is 6. The summed E-state index contributed by atoms with van der Waals surface area (Å²) in [6, 6.07) is 9.87. The molecule has 0 aliphatic heterocycles. The summed E-state index contributed by atoms with van der Waals surface area (Å²) in [5, 5.41) is 3.96. The van der Waals surface area contributed by atoms with E-state index in [1.807, 2.05) is 41.1 Å². The van der Waals surface area contributed by atoms with E-state index >= 15 is 0 Å². The van der Waals surface area contributed by atoms with Crippen LogP contribution in [0.4, 0.5) is 0 Å². The molecule has 0 saturated heterocycles. The summed E-state index contributed by atoms with van der Waals surface area (Å²) in [6.45, 7) is 7.76. The molecule has 0 spiro atoms. The third-order valence-electron chi connectivity index (χ3n) is 3.92. The van der Waals surface area contributed by atoms with Crippen LogP contribution < -0.4 is 4.74 Å². The van der Waals surface area contributed by atoms with Crippen LogP contribution in [0.2, 0.25) is 0 Å². The summed E-state index contributed by atoms with van der Waals surface area (Å²) in [5.41, 5.74) is 3.25. The summed E-state index contributed by atoms with van der Waals surface area (Å²) >= 11 is 1.58. The Morgan fingerprint density at radius 1 is 1.00 bits per heavy atom. The summed E-state index contributed by atoms with van der Waals surface area (Å²) in [4.78, 5) is 11.5. The van der Waals surface area contributed by atoms with Gasteiger partial charge in [-0.15, -0.1) is 11.3 Å². The quantitative estimate of drug-likeness (QED) is 0.633. The lowest BCUT2D eigenvalue weighted by Crippen LogP contribution is -2.28. The van der Waals surface area contributed by atoms with Gasteiger partial charge in [0.15, 0.2) is 5.69 Å². The van der Waals surface area contributed by atoms with E-state index in [2.05, 4.69) is 40.6 Å². The molecule has 2 heterocycles. The molecular formula is C20H21N3OS. The zero-order valence-electron chi connectivity index (χ0n) is 14.5. The average Bonchev–Trinajstić information content (AvgIpc) is 3.11. The van der Waals surface area contributed by atoms with Gasteiger partial charge in [0, 0.05) is 22.9 Å². The molecule has 0 amide bonds. The van der Waals surface area contributed by atoms with Crippen molar-refractivity contribution in [3.8, 4) is 17.7 Å². The summed E-state index contributed by atoms with van der Waals surface area (Å²) in [6.07, 6.45) is 0. The van der Waals surface area contributed by atoms with E-state index in [1.54, 1.807) is 11.3 Å². The van der Waals surface area contributed by atoms with Crippen LogP contribution in [0.25, 0.3) is 11.0 Å². The van der Waals surface area contributed by atoms with Gasteiger partial charge in [0.1, 0.15) is 17.6 Å². The van der Waals surface area contributed by atoms with Crippen LogP contribution >= 0.6 is 11.3 Å². The monoisotopic (exact) mass is 351 g/mol. The lowest BCUT2D eigenvalue weighted by atomic mass is 10.2. The molecule has 128 valence electrons. The van der Waals surface area contributed by atoms with Gasteiger partial charge < -0.3 is 9.64 Å². The second kappa shape index (κ2) is 8.61. The largest absolute Gasteiger partial charge is 0.474 e. The number of nitrogens with zero attached hydrogens (tertiary/aromatic N) is 3. The lowest BCUT2D eigenvalue weighted by Gasteiger charge is -2.17. The van der Waals surface area contributed by atoms with E-state index in [9.17, 15) is 0 Å². The SMILES string of the molecule is CCN(CC)CCOc1nc2cscc2nc1C#Cc1ccccc1. The predicted octanol–water partition coefficient (Wildman–Crippen LogP) is 3.81. The molecule has 25 heavy (non-hydrogen) atoms. The number of thiophene rings is 1. The summed E-state index contributed by atoms with van der Waals surface area (Å²) in [5.74, 6) is 6.78. The number of hydrogen-bond acceptors (Lipinski definition) is 5. The van der Waals surface area contributed by atoms with Crippen molar-refractivity contribution in [2.24, 2.45) is 0 Å². The molecule has 0 saturated carbocycles. The first-order valence-electron chi connectivity index (χ1n) is 8.46. The van der Waals surface area contributed by atoms with Crippen LogP contribution in [0.5, 0.6) is 5.88 Å². The summed E-state index contributed by atoms with van der Waals surface area (Å²) in [7, 11) is 0. The molecule has 0 N–H and O–H groups in total. The van der Waals surface area contributed by atoms with Crippen molar-refractivity contribution in [2.75, 3.05) is 26.2 Å². The van der Waals surface area contributed by atoms with Crippen molar-refractivity contribution in [1.82, 2.24) is 14.9 Å². The number of ether oxygens (including phenoxy) is 1. The zero-order chi connectivity index (χ0) is 17.5. The van der Waals surface area contributed by atoms with Gasteiger partial charge in [0.05, 0.1) is 0 Å².